The average molecular weight is 441 g/mol. The fraction of sp³-hybridized carbons (Fsp3) is 0.0556. The number of non-ortho nitro benzene ring substituents is 1. The minimum atomic E-state index is -0.810. The van der Waals surface area contributed by atoms with Gasteiger partial charge in [0.05, 0.1) is 37.8 Å². The molecule has 150 valence electrons. The largest absolute Gasteiger partial charge is 0.320 e. The maximum absolute atomic E-state index is 12.3. The van der Waals surface area contributed by atoms with Crippen molar-refractivity contribution in [2.75, 3.05) is 11.1 Å². The summed E-state index contributed by atoms with van der Waals surface area (Å²) in [5.41, 5.74) is -0.232. The van der Waals surface area contributed by atoms with Crippen molar-refractivity contribution < 1.29 is 14.6 Å². The van der Waals surface area contributed by atoms with Crippen molar-refractivity contribution >= 4 is 46.1 Å². The molecule has 0 saturated heterocycles. The number of hydrogen-bond acceptors (Lipinski definition) is 9. The lowest BCUT2D eigenvalue weighted by molar-refractivity contribution is -0.393. The van der Waals surface area contributed by atoms with Crippen LogP contribution in [0.5, 0.6) is 0 Å². The summed E-state index contributed by atoms with van der Waals surface area (Å²) in [5, 5.41) is 35.9. The Morgan fingerprint density at radius 2 is 2.00 bits per heavy atom. The number of pyridine rings is 1. The molecule has 0 radical (unpaired) electrons. The molecule has 1 amide bonds. The van der Waals surface area contributed by atoms with E-state index in [1.165, 1.54) is 11.3 Å². The molecule has 12 heteroatoms. The summed E-state index contributed by atoms with van der Waals surface area (Å²) in [6.07, 6.45) is 0. The molecule has 3 aromatic rings. The average Bonchev–Trinajstić information content (AvgIpc) is 3.27. The second-order valence-corrected chi connectivity index (χ2v) is 7.60. The Bertz CT molecular complexity index is 1170. The highest BCUT2D eigenvalue weighted by atomic mass is 32.2. The molecule has 0 atom stereocenters. The van der Waals surface area contributed by atoms with Crippen LogP contribution in [0.2, 0.25) is 0 Å². The number of nitriles is 1. The third-order valence-corrected chi connectivity index (χ3v) is 5.64. The summed E-state index contributed by atoms with van der Waals surface area (Å²) in [6, 6.07) is 12.1. The quantitative estimate of drug-likeness (QED) is 0.325. The highest BCUT2D eigenvalue weighted by Crippen LogP contribution is 2.30. The Morgan fingerprint density at radius 3 is 2.63 bits per heavy atom. The molecular weight excluding hydrogens is 430 g/mol. The SMILES string of the molecule is N#Cc1ccc(-c2cccs2)nc1SCC(=O)Nc1ccc([N+](=O)[O-])cc1[N+](=O)[O-]. The van der Waals surface area contributed by atoms with Gasteiger partial charge in [-0.25, -0.2) is 4.98 Å². The number of carbonyl (C=O) groups is 1. The van der Waals surface area contributed by atoms with Crippen LogP contribution in [0.1, 0.15) is 5.56 Å². The summed E-state index contributed by atoms with van der Waals surface area (Å²) in [6.45, 7) is 0. The van der Waals surface area contributed by atoms with Gasteiger partial charge in [-0.05, 0) is 29.6 Å². The van der Waals surface area contributed by atoms with Crippen molar-refractivity contribution in [3.05, 3.63) is 73.6 Å². The zero-order valence-corrected chi connectivity index (χ0v) is 16.6. The summed E-state index contributed by atoms with van der Waals surface area (Å²) in [7, 11) is 0. The Balaban J connectivity index is 1.75. The monoisotopic (exact) mass is 441 g/mol. The lowest BCUT2D eigenvalue weighted by atomic mass is 10.2. The molecule has 0 unspecified atom stereocenters. The number of nitrogens with zero attached hydrogens (tertiary/aromatic N) is 4. The minimum absolute atomic E-state index is 0.156. The van der Waals surface area contributed by atoms with Gasteiger partial charge in [0.2, 0.25) is 5.91 Å². The van der Waals surface area contributed by atoms with Crippen LogP contribution in [0.15, 0.2) is 52.9 Å². The smallest absolute Gasteiger partial charge is 0.299 e. The molecule has 30 heavy (non-hydrogen) atoms. The third kappa shape index (κ3) is 4.77. The van der Waals surface area contributed by atoms with Crippen LogP contribution in [-0.2, 0) is 4.79 Å². The van der Waals surface area contributed by atoms with Gasteiger partial charge in [0.25, 0.3) is 11.4 Å². The number of rotatable bonds is 7. The van der Waals surface area contributed by atoms with E-state index in [9.17, 15) is 30.3 Å². The summed E-state index contributed by atoms with van der Waals surface area (Å²) in [5.74, 6) is -0.742. The maximum atomic E-state index is 12.3. The van der Waals surface area contributed by atoms with Crippen molar-refractivity contribution in [3.63, 3.8) is 0 Å². The number of hydrogen-bond donors (Lipinski definition) is 1. The van der Waals surface area contributed by atoms with Crippen LogP contribution in [0.4, 0.5) is 17.1 Å². The zero-order chi connectivity index (χ0) is 21.7. The molecule has 0 fully saturated rings. The Morgan fingerprint density at radius 1 is 1.20 bits per heavy atom. The first-order chi connectivity index (χ1) is 14.4. The van der Waals surface area contributed by atoms with Gasteiger partial charge in [-0.2, -0.15) is 5.26 Å². The second-order valence-electron chi connectivity index (χ2n) is 5.69. The van der Waals surface area contributed by atoms with Crippen molar-refractivity contribution in [1.29, 1.82) is 5.26 Å². The highest BCUT2D eigenvalue weighted by molar-refractivity contribution is 8.00. The van der Waals surface area contributed by atoms with Crippen molar-refractivity contribution in [1.82, 2.24) is 4.98 Å². The predicted octanol–water partition coefficient (Wildman–Crippen LogP) is 4.23. The number of carbonyl (C=O) groups excluding carboxylic acids is 1. The van der Waals surface area contributed by atoms with E-state index in [-0.39, 0.29) is 11.4 Å². The normalized spacial score (nSPS) is 10.2. The maximum Gasteiger partial charge on any atom is 0.299 e. The number of amides is 1. The molecular formula is C18H11N5O5S2. The van der Waals surface area contributed by atoms with Gasteiger partial charge in [-0.3, -0.25) is 25.0 Å². The van der Waals surface area contributed by atoms with E-state index in [1.54, 1.807) is 12.1 Å². The molecule has 10 nitrogen and oxygen atoms in total. The molecule has 0 aliphatic rings. The Labute approximate surface area is 177 Å². The summed E-state index contributed by atoms with van der Waals surface area (Å²) in [4.78, 5) is 38.0. The van der Waals surface area contributed by atoms with Crippen LogP contribution < -0.4 is 5.32 Å². The van der Waals surface area contributed by atoms with Crippen LogP contribution >= 0.6 is 23.1 Å². The summed E-state index contributed by atoms with van der Waals surface area (Å²) >= 11 is 2.50. The molecule has 0 aliphatic carbocycles. The molecule has 2 aromatic heterocycles. The third-order valence-electron chi connectivity index (χ3n) is 3.76. The lowest BCUT2D eigenvalue weighted by Gasteiger charge is -2.07. The first-order valence-electron chi connectivity index (χ1n) is 8.19. The van der Waals surface area contributed by atoms with E-state index in [0.717, 1.165) is 34.8 Å². The molecule has 0 bridgehead atoms. The van der Waals surface area contributed by atoms with Crippen molar-refractivity contribution in [3.8, 4) is 16.6 Å². The van der Waals surface area contributed by atoms with E-state index in [0.29, 0.717) is 16.3 Å². The molecule has 2 heterocycles. The number of nitro benzene ring substituents is 2. The number of benzene rings is 1. The van der Waals surface area contributed by atoms with Gasteiger partial charge in [0.1, 0.15) is 16.8 Å². The van der Waals surface area contributed by atoms with E-state index in [1.807, 2.05) is 23.6 Å². The minimum Gasteiger partial charge on any atom is -0.320 e. The Hall–Kier alpha value is -3.82. The molecule has 0 aliphatic heterocycles. The van der Waals surface area contributed by atoms with E-state index >= 15 is 0 Å². The van der Waals surface area contributed by atoms with E-state index in [4.69, 9.17) is 0 Å². The van der Waals surface area contributed by atoms with Crippen LogP contribution in [0, 0.1) is 31.6 Å². The zero-order valence-electron chi connectivity index (χ0n) is 15.0. The van der Waals surface area contributed by atoms with Crippen LogP contribution in [0.25, 0.3) is 10.6 Å². The van der Waals surface area contributed by atoms with E-state index in [2.05, 4.69) is 10.3 Å². The second kappa shape index (κ2) is 9.12. The molecule has 3 rings (SSSR count). The van der Waals surface area contributed by atoms with E-state index < -0.39 is 27.1 Å². The number of thioether (sulfide) groups is 1. The van der Waals surface area contributed by atoms with Gasteiger partial charge in [-0.1, -0.05) is 17.8 Å². The number of aromatic nitrogens is 1. The standard InChI is InChI=1S/C18H11N5O5S2/c19-9-11-3-5-14(16-2-1-7-29-16)21-18(11)30-10-17(24)20-13-6-4-12(22(25)26)8-15(13)23(27)28/h1-8H,10H2,(H,20,24). The van der Waals surface area contributed by atoms with Gasteiger partial charge >= 0.3 is 0 Å². The first kappa shape index (κ1) is 20.9. The number of nitrogens with one attached hydrogen (secondary N) is 1. The lowest BCUT2D eigenvalue weighted by Crippen LogP contribution is -2.15. The molecule has 0 spiro atoms. The number of nitro groups is 2. The molecule has 1 N–H and O–H groups in total. The first-order valence-corrected chi connectivity index (χ1v) is 10.1. The molecule has 1 aromatic carbocycles. The fourth-order valence-corrected chi connectivity index (χ4v) is 3.88. The predicted molar refractivity (Wildman–Crippen MR) is 111 cm³/mol. The summed E-state index contributed by atoms with van der Waals surface area (Å²) < 4.78 is 0. The topological polar surface area (TPSA) is 152 Å². The van der Waals surface area contributed by atoms with Crippen molar-refractivity contribution in [2.24, 2.45) is 0 Å². The van der Waals surface area contributed by atoms with Crippen LogP contribution in [0.3, 0.4) is 0 Å². The highest BCUT2D eigenvalue weighted by Gasteiger charge is 2.21. The van der Waals surface area contributed by atoms with Gasteiger partial charge in [0, 0.05) is 6.07 Å². The van der Waals surface area contributed by atoms with Crippen LogP contribution in [-0.4, -0.2) is 26.5 Å². The van der Waals surface area contributed by atoms with Gasteiger partial charge in [-0.15, -0.1) is 11.3 Å². The number of anilines is 1. The molecule has 0 saturated carbocycles. The van der Waals surface area contributed by atoms with Crippen molar-refractivity contribution in [2.45, 2.75) is 5.03 Å². The number of thiophene rings is 1. The fourth-order valence-electron chi connectivity index (χ4n) is 2.41. The van der Waals surface area contributed by atoms with Gasteiger partial charge in [0.15, 0.2) is 0 Å². The Kier molecular flexibility index (Phi) is 6.35. The van der Waals surface area contributed by atoms with Gasteiger partial charge < -0.3 is 5.32 Å².